The van der Waals surface area contributed by atoms with E-state index in [0.717, 1.165) is 0 Å². The van der Waals surface area contributed by atoms with Crippen molar-refractivity contribution in [2.45, 2.75) is 20.8 Å². The zero-order chi connectivity index (χ0) is 19.8. The van der Waals surface area contributed by atoms with Crippen molar-refractivity contribution >= 4 is 23.3 Å². The number of hydrogen-bond donors (Lipinski definition) is 1. The lowest BCUT2D eigenvalue weighted by molar-refractivity contribution is -0.118. The van der Waals surface area contributed by atoms with Gasteiger partial charge in [0.2, 0.25) is 0 Å². The highest BCUT2D eigenvalue weighted by molar-refractivity contribution is 5.96. The Morgan fingerprint density at radius 2 is 1.44 bits per heavy atom. The van der Waals surface area contributed by atoms with Crippen LogP contribution >= 0.6 is 0 Å². The molecular weight excluding hydrogens is 344 g/mol. The number of rotatable bonds is 8. The van der Waals surface area contributed by atoms with Crippen LogP contribution in [-0.4, -0.2) is 42.2 Å². The molecule has 1 N–H and O–H groups in total. The molecule has 0 heterocycles. The van der Waals surface area contributed by atoms with Crippen molar-refractivity contribution in [3.63, 3.8) is 0 Å². The summed E-state index contributed by atoms with van der Waals surface area (Å²) in [6.45, 7) is 6.51. The average Bonchev–Trinajstić information content (AvgIpc) is 2.68. The molecule has 0 aliphatic carbocycles. The van der Waals surface area contributed by atoms with Gasteiger partial charge >= 0.3 is 0 Å². The fourth-order valence-corrected chi connectivity index (χ4v) is 2.52. The summed E-state index contributed by atoms with van der Waals surface area (Å²) in [6.07, 6.45) is 0. The van der Waals surface area contributed by atoms with Crippen LogP contribution in [0.25, 0.3) is 0 Å². The van der Waals surface area contributed by atoms with E-state index in [1.165, 1.54) is 6.92 Å². The van der Waals surface area contributed by atoms with E-state index >= 15 is 0 Å². The van der Waals surface area contributed by atoms with Gasteiger partial charge in [0.25, 0.3) is 11.8 Å². The molecule has 0 bridgehead atoms. The number of ketones is 1. The Labute approximate surface area is 159 Å². The number of hydrogen-bond acceptors (Lipinski definition) is 4. The Bertz CT molecular complexity index is 794. The molecule has 6 heteroatoms. The second kappa shape index (κ2) is 9.52. The maximum Gasteiger partial charge on any atom is 0.262 e. The van der Waals surface area contributed by atoms with Crippen molar-refractivity contribution in [1.82, 2.24) is 4.90 Å². The number of carbonyl (C=O) groups excluding carboxylic acids is 3. The minimum atomic E-state index is -0.311. The largest absolute Gasteiger partial charge is 0.484 e. The van der Waals surface area contributed by atoms with E-state index < -0.39 is 0 Å². The van der Waals surface area contributed by atoms with Gasteiger partial charge in [0, 0.05) is 29.9 Å². The molecule has 0 spiro atoms. The summed E-state index contributed by atoms with van der Waals surface area (Å²) in [4.78, 5) is 37.2. The highest BCUT2D eigenvalue weighted by atomic mass is 16.5. The molecule has 0 saturated heterocycles. The van der Waals surface area contributed by atoms with Gasteiger partial charge in [-0.05, 0) is 69.3 Å². The molecule has 0 aliphatic rings. The number of nitrogens with zero attached hydrogens (tertiary/aromatic N) is 1. The predicted octanol–water partition coefficient (Wildman–Crippen LogP) is 3.39. The average molecular weight is 368 g/mol. The van der Waals surface area contributed by atoms with Crippen molar-refractivity contribution in [3.8, 4) is 5.75 Å². The minimum absolute atomic E-state index is 0.0286. The number of ether oxygens (including phenoxy) is 1. The molecule has 2 aromatic carbocycles. The molecule has 0 aromatic heterocycles. The van der Waals surface area contributed by atoms with Crippen molar-refractivity contribution < 1.29 is 19.1 Å². The lowest BCUT2D eigenvalue weighted by atomic mass is 10.1. The fourth-order valence-electron chi connectivity index (χ4n) is 2.52. The van der Waals surface area contributed by atoms with Crippen LogP contribution in [0.1, 0.15) is 41.5 Å². The van der Waals surface area contributed by atoms with Crippen molar-refractivity contribution in [3.05, 3.63) is 59.7 Å². The Kier molecular flexibility index (Phi) is 7.11. The molecular formula is C21H24N2O4. The predicted molar refractivity (Wildman–Crippen MR) is 104 cm³/mol. The van der Waals surface area contributed by atoms with Crippen LogP contribution < -0.4 is 10.1 Å². The normalized spacial score (nSPS) is 10.2. The van der Waals surface area contributed by atoms with Crippen LogP contribution in [0.3, 0.4) is 0 Å². The molecule has 0 fully saturated rings. The maximum absolute atomic E-state index is 12.3. The Morgan fingerprint density at radius 3 is 1.96 bits per heavy atom. The van der Waals surface area contributed by atoms with Crippen LogP contribution in [0.4, 0.5) is 5.69 Å². The second-order valence-electron chi connectivity index (χ2n) is 5.97. The summed E-state index contributed by atoms with van der Waals surface area (Å²) in [5.74, 6) is 0.138. The topological polar surface area (TPSA) is 75.7 Å². The summed E-state index contributed by atoms with van der Waals surface area (Å²) in [6, 6.07) is 13.4. The third-order valence-corrected chi connectivity index (χ3v) is 4.10. The van der Waals surface area contributed by atoms with Crippen molar-refractivity contribution in [2.75, 3.05) is 25.0 Å². The molecule has 0 atom stereocenters. The third-order valence-electron chi connectivity index (χ3n) is 4.10. The quantitative estimate of drug-likeness (QED) is 0.725. The van der Waals surface area contributed by atoms with Crippen LogP contribution in [0.2, 0.25) is 0 Å². The zero-order valence-corrected chi connectivity index (χ0v) is 15.8. The van der Waals surface area contributed by atoms with E-state index in [0.29, 0.717) is 35.7 Å². The number of nitrogens with one attached hydrogen (secondary N) is 1. The van der Waals surface area contributed by atoms with Gasteiger partial charge in [-0.15, -0.1) is 0 Å². The summed E-state index contributed by atoms with van der Waals surface area (Å²) in [5, 5.41) is 2.70. The minimum Gasteiger partial charge on any atom is -0.484 e. The molecule has 0 saturated carbocycles. The zero-order valence-electron chi connectivity index (χ0n) is 15.8. The Balaban J connectivity index is 1.87. The highest BCUT2D eigenvalue weighted by Crippen LogP contribution is 2.14. The Morgan fingerprint density at radius 1 is 0.889 bits per heavy atom. The third kappa shape index (κ3) is 5.67. The lowest BCUT2D eigenvalue weighted by Gasteiger charge is -2.18. The Hall–Kier alpha value is -3.15. The molecule has 2 amide bonds. The molecule has 2 rings (SSSR count). The van der Waals surface area contributed by atoms with E-state index in [2.05, 4.69) is 5.32 Å². The van der Waals surface area contributed by atoms with Gasteiger partial charge in [-0.2, -0.15) is 0 Å². The molecule has 2 aromatic rings. The van der Waals surface area contributed by atoms with Crippen LogP contribution in [-0.2, 0) is 4.79 Å². The van der Waals surface area contributed by atoms with Gasteiger partial charge in [-0.25, -0.2) is 0 Å². The van der Waals surface area contributed by atoms with Crippen LogP contribution in [0, 0.1) is 0 Å². The summed E-state index contributed by atoms with van der Waals surface area (Å²) in [7, 11) is 0. The first-order valence-corrected chi connectivity index (χ1v) is 8.87. The van der Waals surface area contributed by atoms with Gasteiger partial charge < -0.3 is 15.0 Å². The fraction of sp³-hybridized carbons (Fsp3) is 0.286. The first-order valence-electron chi connectivity index (χ1n) is 8.87. The van der Waals surface area contributed by atoms with Crippen molar-refractivity contribution in [1.29, 1.82) is 0 Å². The number of anilines is 1. The highest BCUT2D eigenvalue weighted by Gasteiger charge is 2.12. The van der Waals surface area contributed by atoms with Gasteiger partial charge in [0.15, 0.2) is 12.4 Å². The number of carbonyl (C=O) groups is 3. The van der Waals surface area contributed by atoms with Gasteiger partial charge in [0.1, 0.15) is 5.75 Å². The number of amides is 2. The molecule has 6 nitrogen and oxygen atoms in total. The SMILES string of the molecule is CCN(CC)C(=O)c1ccc(OCC(=O)Nc2ccc(C(C)=O)cc2)cc1. The summed E-state index contributed by atoms with van der Waals surface area (Å²) in [5.41, 5.74) is 1.76. The van der Waals surface area contributed by atoms with E-state index in [9.17, 15) is 14.4 Å². The van der Waals surface area contributed by atoms with Gasteiger partial charge in [0.05, 0.1) is 0 Å². The van der Waals surface area contributed by atoms with E-state index in [1.807, 2.05) is 13.8 Å². The van der Waals surface area contributed by atoms with E-state index in [1.54, 1.807) is 53.4 Å². The van der Waals surface area contributed by atoms with E-state index in [-0.39, 0.29) is 24.2 Å². The molecule has 0 aliphatic heterocycles. The monoisotopic (exact) mass is 368 g/mol. The number of benzene rings is 2. The van der Waals surface area contributed by atoms with Gasteiger partial charge in [-0.3, -0.25) is 14.4 Å². The maximum atomic E-state index is 12.3. The lowest BCUT2D eigenvalue weighted by Crippen LogP contribution is -2.30. The number of Topliss-reactive ketones (excluding diaryl/α,β-unsaturated/α-hetero) is 1. The second-order valence-corrected chi connectivity index (χ2v) is 5.97. The summed E-state index contributed by atoms with van der Waals surface area (Å²) >= 11 is 0. The smallest absolute Gasteiger partial charge is 0.262 e. The van der Waals surface area contributed by atoms with Crippen LogP contribution in [0.15, 0.2) is 48.5 Å². The first kappa shape index (κ1) is 20.2. The summed E-state index contributed by atoms with van der Waals surface area (Å²) < 4.78 is 5.46. The molecule has 0 unspecified atom stereocenters. The van der Waals surface area contributed by atoms with Crippen molar-refractivity contribution in [2.24, 2.45) is 0 Å². The molecule has 142 valence electrons. The van der Waals surface area contributed by atoms with Crippen LogP contribution in [0.5, 0.6) is 5.75 Å². The molecule has 0 radical (unpaired) electrons. The standard InChI is InChI=1S/C21H24N2O4/c1-4-23(5-2)21(26)17-8-12-19(13-9-17)27-14-20(25)22-18-10-6-16(7-11-18)15(3)24/h6-13H,4-5,14H2,1-3H3,(H,22,25). The molecule has 27 heavy (non-hydrogen) atoms. The van der Waals surface area contributed by atoms with E-state index in [4.69, 9.17) is 4.74 Å². The van der Waals surface area contributed by atoms with Gasteiger partial charge in [-0.1, -0.05) is 0 Å². The first-order chi connectivity index (χ1) is 12.9.